The number of hydrogen-bond acceptors (Lipinski definition) is 3. The number of aryl methyl sites for hydroxylation is 1. The molecule has 0 saturated carbocycles. The van der Waals surface area contributed by atoms with E-state index in [2.05, 4.69) is 10.3 Å². The Morgan fingerprint density at radius 1 is 1.29 bits per heavy atom. The monoisotopic (exact) mass is 301 g/mol. The van der Waals surface area contributed by atoms with Gasteiger partial charge in [-0.2, -0.15) is 13.2 Å². The van der Waals surface area contributed by atoms with E-state index in [0.29, 0.717) is 13.1 Å². The Morgan fingerprint density at radius 3 is 2.48 bits per heavy atom. The van der Waals surface area contributed by atoms with Gasteiger partial charge < -0.3 is 10.2 Å². The van der Waals surface area contributed by atoms with Crippen LogP contribution in [0.2, 0.25) is 0 Å². The summed E-state index contributed by atoms with van der Waals surface area (Å²) in [7, 11) is 1.88. The topological polar surface area (TPSA) is 28.2 Å². The second kappa shape index (κ2) is 6.64. The number of pyridine rings is 1. The lowest BCUT2D eigenvalue weighted by Crippen LogP contribution is -2.39. The Morgan fingerprint density at radius 2 is 1.95 bits per heavy atom. The molecule has 0 radical (unpaired) electrons. The zero-order valence-electron chi connectivity index (χ0n) is 12.5. The number of halogens is 3. The average molecular weight is 301 g/mol. The van der Waals surface area contributed by atoms with E-state index in [1.807, 2.05) is 31.0 Å². The summed E-state index contributed by atoms with van der Waals surface area (Å²) in [6, 6.07) is 4.02. The number of nitrogens with zero attached hydrogens (tertiary/aromatic N) is 2. The first-order valence-corrected chi connectivity index (χ1v) is 7.40. The number of alkyl halides is 3. The van der Waals surface area contributed by atoms with E-state index < -0.39 is 12.1 Å². The summed E-state index contributed by atoms with van der Waals surface area (Å²) in [6.07, 6.45) is -2.93. The molecule has 0 amide bonds. The Bertz CT molecular complexity index is 466. The highest BCUT2D eigenvalue weighted by Crippen LogP contribution is 2.35. The third kappa shape index (κ3) is 4.09. The predicted molar refractivity (Wildman–Crippen MR) is 77.4 cm³/mol. The highest BCUT2D eigenvalue weighted by atomic mass is 19.4. The molecule has 0 aliphatic carbocycles. The molecule has 0 aromatic carbocycles. The smallest absolute Gasteiger partial charge is 0.357 e. The predicted octanol–water partition coefficient (Wildman–Crippen LogP) is 3.14. The third-order valence-corrected chi connectivity index (χ3v) is 3.95. The Balaban J connectivity index is 2.10. The van der Waals surface area contributed by atoms with E-state index in [-0.39, 0.29) is 12.8 Å². The molecular weight excluding hydrogens is 279 g/mol. The van der Waals surface area contributed by atoms with Gasteiger partial charge in [-0.15, -0.1) is 0 Å². The van der Waals surface area contributed by atoms with E-state index in [1.54, 1.807) is 0 Å². The molecular formula is C15H22F3N3. The summed E-state index contributed by atoms with van der Waals surface area (Å²) in [5, 5.41) is 3.10. The van der Waals surface area contributed by atoms with Crippen molar-refractivity contribution in [2.24, 2.45) is 5.92 Å². The molecule has 118 valence electrons. The van der Waals surface area contributed by atoms with E-state index in [1.165, 1.54) is 0 Å². The lowest BCUT2D eigenvalue weighted by atomic mass is 9.96. The van der Waals surface area contributed by atoms with Gasteiger partial charge in [0.2, 0.25) is 0 Å². The van der Waals surface area contributed by atoms with Gasteiger partial charge in [0, 0.05) is 25.3 Å². The molecule has 1 aliphatic heterocycles. The summed E-state index contributed by atoms with van der Waals surface area (Å²) < 4.78 is 38.1. The largest absolute Gasteiger partial charge is 0.391 e. The van der Waals surface area contributed by atoms with Gasteiger partial charge in [-0.25, -0.2) is 4.98 Å². The molecule has 1 aromatic heterocycles. The zero-order chi connectivity index (χ0) is 15.5. The Kier molecular flexibility index (Phi) is 5.08. The van der Waals surface area contributed by atoms with Gasteiger partial charge >= 0.3 is 6.18 Å². The second-order valence-electron chi connectivity index (χ2n) is 5.51. The van der Waals surface area contributed by atoms with Crippen LogP contribution in [0.4, 0.5) is 19.0 Å². The van der Waals surface area contributed by atoms with Gasteiger partial charge in [0.15, 0.2) is 0 Å². The van der Waals surface area contributed by atoms with Crippen LogP contribution in [0.15, 0.2) is 12.1 Å². The average Bonchev–Trinajstić information content (AvgIpc) is 2.46. The summed E-state index contributed by atoms with van der Waals surface area (Å²) in [5.74, 6) is -0.361. The number of rotatable bonds is 4. The zero-order valence-corrected chi connectivity index (χ0v) is 12.5. The van der Waals surface area contributed by atoms with E-state index in [4.69, 9.17) is 0 Å². The minimum atomic E-state index is -4.07. The van der Waals surface area contributed by atoms with Crippen LogP contribution in [-0.2, 0) is 13.0 Å². The molecule has 0 spiro atoms. The quantitative estimate of drug-likeness (QED) is 0.926. The summed E-state index contributed by atoms with van der Waals surface area (Å²) in [5.41, 5.74) is 2.10. The highest BCUT2D eigenvalue weighted by Gasteiger charge is 2.41. The van der Waals surface area contributed by atoms with Crippen molar-refractivity contribution in [3.05, 3.63) is 23.4 Å². The van der Waals surface area contributed by atoms with Crippen molar-refractivity contribution in [3.63, 3.8) is 0 Å². The maximum absolute atomic E-state index is 12.7. The van der Waals surface area contributed by atoms with Gasteiger partial charge in [0.1, 0.15) is 5.82 Å². The number of nitrogens with one attached hydrogen (secondary N) is 1. The van der Waals surface area contributed by atoms with Crippen LogP contribution in [0.5, 0.6) is 0 Å². The minimum absolute atomic E-state index is 0.156. The van der Waals surface area contributed by atoms with Crippen molar-refractivity contribution < 1.29 is 13.2 Å². The number of hydrogen-bond donors (Lipinski definition) is 1. The van der Waals surface area contributed by atoms with Gasteiger partial charge in [0.25, 0.3) is 0 Å². The van der Waals surface area contributed by atoms with Crippen molar-refractivity contribution in [1.82, 2.24) is 10.3 Å². The standard InChI is InChI=1S/C15H22F3N3/c1-3-13-8-11(10-19-2)9-14(20-13)21-6-4-12(5-7-21)15(16,17)18/h8-9,12,19H,3-7,10H2,1-2H3. The summed E-state index contributed by atoms with van der Waals surface area (Å²) in [4.78, 5) is 6.53. The van der Waals surface area contributed by atoms with Crippen molar-refractivity contribution in [2.75, 3.05) is 25.0 Å². The van der Waals surface area contributed by atoms with Crippen LogP contribution in [-0.4, -0.2) is 31.3 Å². The van der Waals surface area contributed by atoms with Crippen LogP contribution < -0.4 is 10.2 Å². The van der Waals surface area contributed by atoms with Crippen molar-refractivity contribution in [3.8, 4) is 0 Å². The Hall–Kier alpha value is -1.30. The van der Waals surface area contributed by atoms with Crippen molar-refractivity contribution in [2.45, 2.75) is 38.9 Å². The van der Waals surface area contributed by atoms with Crippen LogP contribution in [0, 0.1) is 5.92 Å². The molecule has 3 nitrogen and oxygen atoms in total. The van der Waals surface area contributed by atoms with Crippen LogP contribution >= 0.6 is 0 Å². The molecule has 21 heavy (non-hydrogen) atoms. The third-order valence-electron chi connectivity index (χ3n) is 3.95. The first-order valence-electron chi connectivity index (χ1n) is 7.40. The first kappa shape index (κ1) is 16.1. The molecule has 1 aliphatic rings. The van der Waals surface area contributed by atoms with Crippen molar-refractivity contribution in [1.29, 1.82) is 0 Å². The van der Waals surface area contributed by atoms with Gasteiger partial charge in [-0.1, -0.05) is 6.92 Å². The van der Waals surface area contributed by atoms with E-state index >= 15 is 0 Å². The fourth-order valence-electron chi connectivity index (χ4n) is 2.72. The minimum Gasteiger partial charge on any atom is -0.357 e. The van der Waals surface area contributed by atoms with Crippen molar-refractivity contribution >= 4 is 5.82 Å². The molecule has 6 heteroatoms. The van der Waals surface area contributed by atoms with Crippen LogP contribution in [0.3, 0.4) is 0 Å². The molecule has 0 bridgehead atoms. The van der Waals surface area contributed by atoms with Crippen LogP contribution in [0.1, 0.15) is 31.0 Å². The lowest BCUT2D eigenvalue weighted by molar-refractivity contribution is -0.179. The summed E-state index contributed by atoms with van der Waals surface area (Å²) in [6.45, 7) is 3.61. The maximum atomic E-state index is 12.7. The Labute approximate surface area is 123 Å². The molecule has 1 aromatic rings. The highest BCUT2D eigenvalue weighted by molar-refractivity contribution is 5.43. The molecule has 1 saturated heterocycles. The maximum Gasteiger partial charge on any atom is 0.391 e. The molecule has 1 fully saturated rings. The molecule has 1 N–H and O–H groups in total. The fourth-order valence-corrected chi connectivity index (χ4v) is 2.72. The van der Waals surface area contributed by atoms with Gasteiger partial charge in [-0.3, -0.25) is 0 Å². The number of piperidine rings is 1. The number of aromatic nitrogens is 1. The first-order chi connectivity index (χ1) is 9.94. The van der Waals surface area contributed by atoms with Gasteiger partial charge in [0.05, 0.1) is 5.92 Å². The van der Waals surface area contributed by atoms with Gasteiger partial charge in [-0.05, 0) is 44.0 Å². The lowest BCUT2D eigenvalue weighted by Gasteiger charge is -2.34. The molecule has 2 heterocycles. The van der Waals surface area contributed by atoms with E-state index in [9.17, 15) is 13.2 Å². The normalized spacial score (nSPS) is 17.3. The number of anilines is 1. The molecule has 0 atom stereocenters. The summed E-state index contributed by atoms with van der Waals surface area (Å²) >= 11 is 0. The second-order valence-corrected chi connectivity index (χ2v) is 5.51. The van der Waals surface area contributed by atoms with E-state index in [0.717, 1.165) is 30.0 Å². The SMILES string of the molecule is CCc1cc(CNC)cc(N2CCC(C(F)(F)F)CC2)n1. The molecule has 2 rings (SSSR count). The fraction of sp³-hybridized carbons (Fsp3) is 0.667. The molecule has 0 unspecified atom stereocenters. The van der Waals surface area contributed by atoms with Crippen LogP contribution in [0.25, 0.3) is 0 Å².